The minimum absolute atomic E-state index is 0. The Kier molecular flexibility index (Phi) is 23.7. The van der Waals surface area contributed by atoms with E-state index < -0.39 is 32.6 Å². The molecule has 0 aromatic carbocycles. The van der Waals surface area contributed by atoms with Crippen LogP contribution in [0.15, 0.2) is 0 Å². The smallest absolute Gasteiger partial charge is 0.778 e. The van der Waals surface area contributed by atoms with E-state index in [-0.39, 0.29) is 118 Å². The second-order valence-corrected chi connectivity index (χ2v) is 7.71. The van der Waals surface area contributed by atoms with Crippen LogP contribution in [-0.4, -0.2) is 79.8 Å². The fourth-order valence-corrected chi connectivity index (χ4v) is 3.76. The molecule has 0 aliphatic heterocycles. The third-order valence-corrected chi connectivity index (χ3v) is 5.08. The summed E-state index contributed by atoms with van der Waals surface area (Å²) in [6, 6.07) is 0. The van der Waals surface area contributed by atoms with E-state index in [9.17, 15) is 18.9 Å². The van der Waals surface area contributed by atoms with Crippen LogP contribution in [0.5, 0.6) is 0 Å². The van der Waals surface area contributed by atoms with E-state index in [0.29, 0.717) is 0 Å². The second-order valence-electron chi connectivity index (χ2n) is 3.80. The predicted octanol–water partition coefficient (Wildman–Crippen LogP) is -8.22. The zero-order valence-electron chi connectivity index (χ0n) is 11.8. The molecule has 7 nitrogen and oxygen atoms in total. The minimum atomic E-state index is -5.15. The molecule has 0 saturated heterocycles. The first kappa shape index (κ1) is 33.8. The van der Waals surface area contributed by atoms with E-state index in [2.05, 4.69) is 0 Å². The average molecular weight is 337 g/mol. The molecule has 0 aliphatic rings. The average Bonchev–Trinajstić information content (AvgIpc) is 1.75. The van der Waals surface area contributed by atoms with Gasteiger partial charge < -0.3 is 34.4 Å². The van der Waals surface area contributed by atoms with Gasteiger partial charge >= 0.3 is 59.1 Å². The third kappa shape index (κ3) is 16.6. The van der Waals surface area contributed by atoms with Crippen LogP contribution < -0.4 is 74.6 Å². The molecule has 88 valence electrons. The summed E-state index contributed by atoms with van der Waals surface area (Å²) in [6.45, 7) is 2.76. The van der Waals surface area contributed by atoms with Crippen LogP contribution in [0, 0.1) is 0 Å². The molecule has 0 aliphatic carbocycles. The summed E-state index contributed by atoms with van der Waals surface area (Å²) in [6.07, 6.45) is -0.568. The van der Waals surface area contributed by atoms with Crippen molar-refractivity contribution in [1.82, 2.24) is 0 Å². The van der Waals surface area contributed by atoms with Crippen molar-refractivity contribution in [3.63, 3.8) is 0 Å². The van der Waals surface area contributed by atoms with Crippen molar-refractivity contribution >= 4 is 74.3 Å². The van der Waals surface area contributed by atoms with Crippen molar-refractivity contribution in [3.05, 3.63) is 0 Å². The van der Waals surface area contributed by atoms with E-state index in [1.54, 1.807) is 0 Å². The van der Waals surface area contributed by atoms with E-state index in [4.69, 9.17) is 15.5 Å². The quantitative estimate of drug-likeness (QED) is 0.341. The molecule has 4 N–H and O–H groups in total. The van der Waals surface area contributed by atoms with Crippen LogP contribution in [0.25, 0.3) is 0 Å². The molecular weight excluding hydrogens is 324 g/mol. The van der Waals surface area contributed by atoms with E-state index in [0.717, 1.165) is 0 Å². The molecule has 0 amide bonds. The molecule has 2 atom stereocenters. The van der Waals surface area contributed by atoms with Gasteiger partial charge in [0.15, 0.2) is 0 Å². The second kappa shape index (κ2) is 12.7. The first-order chi connectivity index (χ1) is 5.84. The molecule has 2 radical (unpaired) electrons. The zero-order valence-corrected chi connectivity index (χ0v) is 21.6. The van der Waals surface area contributed by atoms with E-state index in [1.807, 2.05) is 0 Å². The van der Waals surface area contributed by atoms with Crippen molar-refractivity contribution in [3.8, 4) is 0 Å². The van der Waals surface area contributed by atoms with Crippen molar-refractivity contribution < 1.29 is 87.8 Å². The van der Waals surface area contributed by atoms with Gasteiger partial charge in [-0.15, -0.1) is 0 Å². The maximum atomic E-state index is 10.7. The fourth-order valence-electron chi connectivity index (χ4n) is 0.886. The van der Waals surface area contributed by atoms with Crippen molar-refractivity contribution in [1.29, 1.82) is 0 Å². The maximum Gasteiger partial charge on any atom is 1.00 e. The zero-order chi connectivity index (χ0) is 11.8. The summed E-state index contributed by atoms with van der Waals surface area (Å²) >= 11 is 0. The van der Waals surface area contributed by atoms with Gasteiger partial charge in [0, 0.05) is 64.7 Å². The van der Waals surface area contributed by atoms with Gasteiger partial charge in [-0.1, -0.05) is 0 Å². The summed E-state index contributed by atoms with van der Waals surface area (Å²) < 4.78 is 21.3. The van der Waals surface area contributed by atoms with E-state index >= 15 is 0 Å². The van der Waals surface area contributed by atoms with Gasteiger partial charge in [-0.05, 0) is 20.3 Å². The Bertz CT molecular complexity index is 277. The Morgan fingerprint density at radius 3 is 1.39 bits per heavy atom. The summed E-state index contributed by atoms with van der Waals surface area (Å²) in [5, 5.41) is -2.24. The molecule has 2 unspecified atom stereocenters. The molecule has 0 aromatic heterocycles. The SMILES string of the molecule is CC(C)(N)CC(P(=O)([O-])O)P(=O)([O-])O.[Na+].[Na+].[Na].[Na]. The monoisotopic (exact) mass is 337 g/mol. The molecule has 0 rings (SSSR count). The molecule has 0 aromatic rings. The number of nitrogens with two attached hydrogens (primary N) is 1. The summed E-state index contributed by atoms with van der Waals surface area (Å²) in [7, 11) is -10.3. The first-order valence-corrected chi connectivity index (χ1v) is 6.99. The summed E-state index contributed by atoms with van der Waals surface area (Å²) in [4.78, 5) is 38.5. The molecule has 0 bridgehead atoms. The van der Waals surface area contributed by atoms with Gasteiger partial charge in [0.05, 0.1) is 5.40 Å². The number of hydrogen-bond donors (Lipinski definition) is 3. The molecule has 0 fully saturated rings. The van der Waals surface area contributed by atoms with Crippen LogP contribution in [0.3, 0.4) is 0 Å². The van der Waals surface area contributed by atoms with Crippen molar-refractivity contribution in [2.45, 2.75) is 31.2 Å². The van der Waals surface area contributed by atoms with Crippen LogP contribution in [0.2, 0.25) is 0 Å². The molecular formula is C5H13NNa4O6P2. The van der Waals surface area contributed by atoms with E-state index in [1.165, 1.54) is 13.8 Å². The topological polar surface area (TPSA) is 147 Å². The van der Waals surface area contributed by atoms with Gasteiger partial charge in [0.25, 0.3) is 0 Å². The molecule has 0 saturated carbocycles. The molecule has 0 spiro atoms. The summed E-state index contributed by atoms with van der Waals surface area (Å²) in [5.41, 5.74) is 4.26. The van der Waals surface area contributed by atoms with Crippen molar-refractivity contribution in [2.24, 2.45) is 5.73 Å². The fraction of sp³-hybridized carbons (Fsp3) is 1.00. The Morgan fingerprint density at radius 2 is 1.33 bits per heavy atom. The van der Waals surface area contributed by atoms with Gasteiger partial charge in [0.2, 0.25) is 0 Å². The normalized spacial score (nSPS) is 18.4. The van der Waals surface area contributed by atoms with Crippen LogP contribution in [0.1, 0.15) is 20.3 Å². The molecule has 18 heavy (non-hydrogen) atoms. The predicted molar refractivity (Wildman–Crippen MR) is 57.8 cm³/mol. The number of rotatable bonds is 4. The van der Waals surface area contributed by atoms with Gasteiger partial charge in [-0.25, -0.2) is 0 Å². The Balaban J connectivity index is -0.000000141. The number of hydrogen-bond acceptors (Lipinski definition) is 5. The van der Waals surface area contributed by atoms with Crippen molar-refractivity contribution in [2.75, 3.05) is 0 Å². The molecule has 0 heterocycles. The van der Waals surface area contributed by atoms with Crippen LogP contribution >= 0.6 is 15.2 Å². The first-order valence-electron chi connectivity index (χ1n) is 3.70. The van der Waals surface area contributed by atoms with Gasteiger partial charge in [0.1, 0.15) is 15.2 Å². The standard InChI is InChI=1S/C5H15NO6P2.4Na/c1-5(2,6)3-4(13(7,8)9)14(10,11)12;;;;/h4H,3,6H2,1-2H3,(H2,7,8,9)(H2,10,11,12);;;;/q;;;2*+1/p-2. The Hall–Kier alpha value is 4.26. The van der Waals surface area contributed by atoms with Crippen LogP contribution in [-0.2, 0) is 9.13 Å². The van der Waals surface area contributed by atoms with Gasteiger partial charge in [-0.3, -0.25) is 0 Å². The third-order valence-electron chi connectivity index (χ3n) is 1.46. The Morgan fingerprint density at radius 1 is 1.11 bits per heavy atom. The minimum Gasteiger partial charge on any atom is -0.778 e. The van der Waals surface area contributed by atoms with Crippen LogP contribution in [0.4, 0.5) is 0 Å². The summed E-state index contributed by atoms with van der Waals surface area (Å²) in [5.74, 6) is 0. The Labute approximate surface area is 195 Å². The largest absolute Gasteiger partial charge is 1.00 e. The maximum absolute atomic E-state index is 10.7. The van der Waals surface area contributed by atoms with Gasteiger partial charge in [-0.2, -0.15) is 0 Å². The molecule has 13 heteroatoms.